The fourth-order valence-corrected chi connectivity index (χ4v) is 3.03. The second-order valence-corrected chi connectivity index (χ2v) is 7.04. The van der Waals surface area contributed by atoms with Gasteiger partial charge >= 0.3 is 0 Å². The quantitative estimate of drug-likeness (QED) is 0.479. The molecule has 1 heterocycles. The maximum Gasteiger partial charge on any atom is 0.271 e. The van der Waals surface area contributed by atoms with Gasteiger partial charge in [-0.1, -0.05) is 29.8 Å². The van der Waals surface area contributed by atoms with Crippen LogP contribution in [0.15, 0.2) is 71.1 Å². The van der Waals surface area contributed by atoms with Crippen LogP contribution < -0.4 is 10.7 Å². The number of anilines is 1. The predicted octanol–water partition coefficient (Wildman–Crippen LogP) is 4.81. The molecule has 7 heteroatoms. The Morgan fingerprint density at radius 3 is 2.44 bits per heavy atom. The van der Waals surface area contributed by atoms with Crippen molar-refractivity contribution in [3.05, 3.63) is 87.1 Å². The molecule has 0 aliphatic carbocycles. The molecule has 27 heavy (non-hydrogen) atoms. The summed E-state index contributed by atoms with van der Waals surface area (Å²) in [6.45, 7) is 1.78. The van der Waals surface area contributed by atoms with Gasteiger partial charge in [-0.3, -0.25) is 9.59 Å². The molecule has 0 saturated carbocycles. The number of rotatable bonds is 5. The summed E-state index contributed by atoms with van der Waals surface area (Å²) >= 11 is 7.20. The fourth-order valence-electron chi connectivity index (χ4n) is 2.29. The van der Waals surface area contributed by atoms with Crippen molar-refractivity contribution < 1.29 is 9.59 Å². The molecular weight excluding hydrogens is 382 g/mol. The van der Waals surface area contributed by atoms with Crippen LogP contribution in [0.25, 0.3) is 0 Å². The van der Waals surface area contributed by atoms with Crippen molar-refractivity contribution in [1.82, 2.24) is 5.43 Å². The van der Waals surface area contributed by atoms with Crippen LogP contribution in [-0.4, -0.2) is 17.5 Å². The van der Waals surface area contributed by atoms with Gasteiger partial charge in [0, 0.05) is 16.3 Å². The van der Waals surface area contributed by atoms with Gasteiger partial charge in [-0.05, 0) is 60.3 Å². The summed E-state index contributed by atoms with van der Waals surface area (Å²) in [5.41, 5.74) is 5.04. The number of nitrogens with one attached hydrogen (secondary N) is 2. The van der Waals surface area contributed by atoms with Crippen molar-refractivity contribution in [3.63, 3.8) is 0 Å². The van der Waals surface area contributed by atoms with Gasteiger partial charge < -0.3 is 5.32 Å². The summed E-state index contributed by atoms with van der Waals surface area (Å²) in [6, 6.07) is 17.4. The maximum atomic E-state index is 12.2. The van der Waals surface area contributed by atoms with Gasteiger partial charge in [0.2, 0.25) is 0 Å². The van der Waals surface area contributed by atoms with Crippen molar-refractivity contribution in [1.29, 1.82) is 0 Å². The van der Waals surface area contributed by atoms with E-state index >= 15 is 0 Å². The van der Waals surface area contributed by atoms with Crippen LogP contribution in [0.1, 0.15) is 32.5 Å². The van der Waals surface area contributed by atoms with E-state index in [1.54, 1.807) is 49.4 Å². The minimum absolute atomic E-state index is 0.159. The number of amides is 2. The molecule has 1 aromatic heterocycles. The number of benzene rings is 2. The number of carbonyl (C=O) groups is 2. The first-order valence-electron chi connectivity index (χ1n) is 8.08. The Hall–Kier alpha value is -2.96. The van der Waals surface area contributed by atoms with Gasteiger partial charge in [0.25, 0.3) is 11.8 Å². The summed E-state index contributed by atoms with van der Waals surface area (Å²) in [5, 5.41) is 9.40. The largest absolute Gasteiger partial charge is 0.321 e. The molecule has 0 bridgehead atoms. The zero-order chi connectivity index (χ0) is 19.2. The third-order valence-electron chi connectivity index (χ3n) is 3.71. The zero-order valence-corrected chi connectivity index (χ0v) is 16.0. The normalized spacial score (nSPS) is 11.1. The van der Waals surface area contributed by atoms with Crippen LogP contribution in [0.3, 0.4) is 0 Å². The topological polar surface area (TPSA) is 70.6 Å². The second kappa shape index (κ2) is 8.62. The monoisotopic (exact) mass is 397 g/mol. The zero-order valence-electron chi connectivity index (χ0n) is 14.4. The Kier molecular flexibility index (Phi) is 6.01. The van der Waals surface area contributed by atoms with E-state index in [1.165, 1.54) is 11.3 Å². The number of halogens is 1. The molecule has 0 unspecified atom stereocenters. The molecule has 136 valence electrons. The molecular formula is C20H16ClN3O2S. The van der Waals surface area contributed by atoms with Crippen LogP contribution in [-0.2, 0) is 0 Å². The number of nitrogens with zero attached hydrogens (tertiary/aromatic N) is 1. The van der Waals surface area contributed by atoms with Crippen LogP contribution in [0.2, 0.25) is 5.02 Å². The van der Waals surface area contributed by atoms with E-state index in [9.17, 15) is 9.59 Å². The van der Waals surface area contributed by atoms with E-state index in [2.05, 4.69) is 15.8 Å². The Labute approximate surface area is 165 Å². The lowest BCUT2D eigenvalue weighted by atomic mass is 10.1. The van der Waals surface area contributed by atoms with Crippen molar-refractivity contribution in [2.24, 2.45) is 5.10 Å². The molecule has 2 N–H and O–H groups in total. The lowest BCUT2D eigenvalue weighted by molar-refractivity contribution is 0.0954. The summed E-state index contributed by atoms with van der Waals surface area (Å²) in [6.07, 6.45) is 0. The first kappa shape index (κ1) is 18.8. The molecule has 2 aromatic carbocycles. The molecule has 0 spiro atoms. The second-order valence-electron chi connectivity index (χ2n) is 5.66. The van der Waals surface area contributed by atoms with E-state index in [0.29, 0.717) is 26.9 Å². The number of hydrogen-bond acceptors (Lipinski definition) is 4. The summed E-state index contributed by atoms with van der Waals surface area (Å²) in [7, 11) is 0. The fraction of sp³-hybridized carbons (Fsp3) is 0.0500. The minimum Gasteiger partial charge on any atom is -0.321 e. The van der Waals surface area contributed by atoms with Crippen molar-refractivity contribution in [3.8, 4) is 0 Å². The Morgan fingerprint density at radius 1 is 0.963 bits per heavy atom. The van der Waals surface area contributed by atoms with Crippen molar-refractivity contribution >= 4 is 46.2 Å². The van der Waals surface area contributed by atoms with Crippen LogP contribution >= 0.6 is 22.9 Å². The lowest BCUT2D eigenvalue weighted by Crippen LogP contribution is -2.19. The number of carbonyl (C=O) groups excluding carboxylic acids is 2. The van der Waals surface area contributed by atoms with Crippen LogP contribution in [0, 0.1) is 0 Å². The van der Waals surface area contributed by atoms with Gasteiger partial charge in [-0.15, -0.1) is 11.3 Å². The minimum atomic E-state index is -0.326. The molecule has 5 nitrogen and oxygen atoms in total. The smallest absolute Gasteiger partial charge is 0.271 e. The lowest BCUT2D eigenvalue weighted by Gasteiger charge is -2.07. The highest BCUT2D eigenvalue weighted by molar-refractivity contribution is 7.12. The molecule has 3 aromatic rings. The van der Waals surface area contributed by atoms with Gasteiger partial charge in [0.1, 0.15) is 0 Å². The van der Waals surface area contributed by atoms with Gasteiger partial charge in [-0.25, -0.2) is 5.43 Å². The molecule has 2 amide bonds. The van der Waals surface area contributed by atoms with Crippen LogP contribution in [0.5, 0.6) is 0 Å². The highest BCUT2D eigenvalue weighted by Crippen LogP contribution is 2.15. The third kappa shape index (κ3) is 5.03. The molecule has 0 fully saturated rings. The Bertz CT molecular complexity index is 983. The molecule has 0 atom stereocenters. The summed E-state index contributed by atoms with van der Waals surface area (Å²) < 4.78 is 0. The average Bonchev–Trinajstić information content (AvgIpc) is 3.21. The first-order valence-corrected chi connectivity index (χ1v) is 9.34. The van der Waals surface area contributed by atoms with E-state index in [1.807, 2.05) is 23.6 Å². The molecule has 0 aliphatic rings. The van der Waals surface area contributed by atoms with E-state index < -0.39 is 0 Å². The predicted molar refractivity (Wildman–Crippen MR) is 110 cm³/mol. The summed E-state index contributed by atoms with van der Waals surface area (Å²) in [5.74, 6) is -0.485. The number of thiophene rings is 1. The van der Waals surface area contributed by atoms with Gasteiger partial charge in [0.15, 0.2) is 0 Å². The van der Waals surface area contributed by atoms with Crippen molar-refractivity contribution in [2.75, 3.05) is 5.32 Å². The maximum absolute atomic E-state index is 12.2. The SMILES string of the molecule is C/C(=N\NC(=O)c1ccc(Cl)cc1)c1cccc(NC(=O)c2cccs2)c1. The average molecular weight is 398 g/mol. The number of hydrazone groups is 1. The summed E-state index contributed by atoms with van der Waals surface area (Å²) in [4.78, 5) is 24.9. The highest BCUT2D eigenvalue weighted by atomic mass is 35.5. The molecule has 0 radical (unpaired) electrons. The number of hydrogen-bond donors (Lipinski definition) is 2. The third-order valence-corrected chi connectivity index (χ3v) is 4.84. The highest BCUT2D eigenvalue weighted by Gasteiger charge is 2.08. The van der Waals surface area contributed by atoms with Gasteiger partial charge in [-0.2, -0.15) is 5.10 Å². The van der Waals surface area contributed by atoms with Crippen LogP contribution in [0.4, 0.5) is 5.69 Å². The Balaban J connectivity index is 1.68. The molecule has 3 rings (SSSR count). The van der Waals surface area contributed by atoms with E-state index in [4.69, 9.17) is 11.6 Å². The Morgan fingerprint density at radius 2 is 1.74 bits per heavy atom. The van der Waals surface area contributed by atoms with Crippen molar-refractivity contribution in [2.45, 2.75) is 6.92 Å². The molecule has 0 saturated heterocycles. The van der Waals surface area contributed by atoms with E-state index in [0.717, 1.165) is 5.56 Å². The van der Waals surface area contributed by atoms with Gasteiger partial charge in [0.05, 0.1) is 10.6 Å². The standard InChI is InChI=1S/C20H16ClN3O2S/c1-13(23-24-19(25)14-7-9-16(21)10-8-14)15-4-2-5-17(12-15)22-20(26)18-6-3-11-27-18/h2-12H,1H3,(H,22,26)(H,24,25)/b23-13+. The molecule has 0 aliphatic heterocycles. The first-order chi connectivity index (χ1) is 13.0. The van der Waals surface area contributed by atoms with E-state index in [-0.39, 0.29) is 11.8 Å².